The number of amides is 2. The number of amidine groups is 1. The average molecular weight is 485 g/mol. The standard InChI is InChI=1S/C24H32N6O3S/c1-17-14-28(24(31)30(15-17)21-6-2-4-19(12-21)23(26)27)16-18-8-10-29(11-9-18)34(32,33)22-7-3-5-20(25)13-22/h2-7,12-13,17-18H,8-11,14-16,25H2,1H3,(H3,26,27). The number of benzene rings is 2. The van der Waals surface area contributed by atoms with Gasteiger partial charge in [0.1, 0.15) is 5.84 Å². The number of nitrogens with zero attached hydrogens (tertiary/aromatic N) is 3. The Hall–Kier alpha value is -3.11. The summed E-state index contributed by atoms with van der Waals surface area (Å²) in [5, 5.41) is 7.68. The smallest absolute Gasteiger partial charge is 0.324 e. The minimum atomic E-state index is -3.58. The molecular formula is C24H32N6O3S. The molecule has 0 bridgehead atoms. The highest BCUT2D eigenvalue weighted by Crippen LogP contribution is 2.28. The Morgan fingerprint density at radius 3 is 2.47 bits per heavy atom. The van der Waals surface area contributed by atoms with Crippen molar-refractivity contribution >= 4 is 33.3 Å². The lowest BCUT2D eigenvalue weighted by Crippen LogP contribution is -2.55. The molecule has 2 aliphatic rings. The predicted octanol–water partition coefficient (Wildman–Crippen LogP) is 2.53. The van der Waals surface area contributed by atoms with E-state index in [-0.39, 0.29) is 28.6 Å². The van der Waals surface area contributed by atoms with Crippen LogP contribution >= 0.6 is 0 Å². The van der Waals surface area contributed by atoms with Gasteiger partial charge in [0.05, 0.1) is 4.90 Å². The molecule has 0 radical (unpaired) electrons. The van der Waals surface area contributed by atoms with Crippen LogP contribution < -0.4 is 16.4 Å². The Morgan fingerprint density at radius 2 is 1.79 bits per heavy atom. The van der Waals surface area contributed by atoms with E-state index in [0.717, 1.165) is 5.69 Å². The van der Waals surface area contributed by atoms with Gasteiger partial charge in [0.2, 0.25) is 10.0 Å². The number of hydrogen-bond acceptors (Lipinski definition) is 5. The first-order valence-corrected chi connectivity index (χ1v) is 13.0. The van der Waals surface area contributed by atoms with Gasteiger partial charge < -0.3 is 16.4 Å². The van der Waals surface area contributed by atoms with Crippen LogP contribution in [0.1, 0.15) is 25.3 Å². The molecule has 2 amide bonds. The first kappa shape index (κ1) is 24.0. The van der Waals surface area contributed by atoms with Crippen LogP contribution in [0.3, 0.4) is 0 Å². The van der Waals surface area contributed by atoms with Crippen LogP contribution in [0.5, 0.6) is 0 Å². The number of urea groups is 1. The predicted molar refractivity (Wildman–Crippen MR) is 133 cm³/mol. The van der Waals surface area contributed by atoms with E-state index in [2.05, 4.69) is 6.92 Å². The fourth-order valence-corrected chi connectivity index (χ4v) is 6.28. The summed E-state index contributed by atoms with van der Waals surface area (Å²) in [4.78, 5) is 17.2. The van der Waals surface area contributed by atoms with Gasteiger partial charge in [-0.1, -0.05) is 25.1 Å². The number of anilines is 2. The van der Waals surface area contributed by atoms with Gasteiger partial charge in [-0.05, 0) is 55.0 Å². The first-order valence-electron chi connectivity index (χ1n) is 11.5. The average Bonchev–Trinajstić information content (AvgIpc) is 2.81. The molecule has 1 atom stereocenters. The summed E-state index contributed by atoms with van der Waals surface area (Å²) in [6.07, 6.45) is 1.39. The number of piperidine rings is 1. The molecule has 2 fully saturated rings. The zero-order chi connectivity index (χ0) is 24.5. The molecule has 1 unspecified atom stereocenters. The van der Waals surface area contributed by atoms with E-state index in [0.29, 0.717) is 56.8 Å². The Balaban J connectivity index is 1.41. The second kappa shape index (κ2) is 9.63. The second-order valence-corrected chi connectivity index (χ2v) is 11.2. The number of rotatable bonds is 6. The van der Waals surface area contributed by atoms with Crippen LogP contribution in [-0.4, -0.2) is 62.2 Å². The zero-order valence-electron chi connectivity index (χ0n) is 19.4. The molecule has 2 aromatic rings. The normalized spacial score (nSPS) is 20.5. The third-order valence-electron chi connectivity index (χ3n) is 6.54. The van der Waals surface area contributed by atoms with Gasteiger partial charge in [-0.25, -0.2) is 13.2 Å². The van der Waals surface area contributed by atoms with Gasteiger partial charge in [0.15, 0.2) is 0 Å². The molecule has 5 N–H and O–H groups in total. The molecular weight excluding hydrogens is 452 g/mol. The van der Waals surface area contributed by atoms with E-state index >= 15 is 0 Å². The summed E-state index contributed by atoms with van der Waals surface area (Å²) in [5.74, 6) is 0.478. The van der Waals surface area contributed by atoms with Gasteiger partial charge in [0.25, 0.3) is 0 Å². The van der Waals surface area contributed by atoms with Crippen LogP contribution in [0, 0.1) is 17.2 Å². The Bertz CT molecular complexity index is 1180. The lowest BCUT2D eigenvalue weighted by atomic mass is 9.96. The van der Waals surface area contributed by atoms with E-state index in [1.807, 2.05) is 11.0 Å². The fourth-order valence-electron chi connectivity index (χ4n) is 4.75. The molecule has 2 heterocycles. The van der Waals surface area contributed by atoms with Crippen molar-refractivity contribution in [3.05, 3.63) is 54.1 Å². The van der Waals surface area contributed by atoms with E-state index < -0.39 is 10.0 Å². The maximum atomic E-state index is 13.3. The number of nitrogens with two attached hydrogens (primary N) is 2. The largest absolute Gasteiger partial charge is 0.399 e. The van der Waals surface area contributed by atoms with Gasteiger partial charge >= 0.3 is 6.03 Å². The van der Waals surface area contributed by atoms with Crippen molar-refractivity contribution in [2.75, 3.05) is 43.4 Å². The molecule has 2 aromatic carbocycles. The monoisotopic (exact) mass is 484 g/mol. The molecule has 9 nitrogen and oxygen atoms in total. The molecule has 0 spiro atoms. The summed E-state index contributed by atoms with van der Waals surface area (Å²) in [6, 6.07) is 13.5. The van der Waals surface area contributed by atoms with Crippen LogP contribution in [0.15, 0.2) is 53.4 Å². The Morgan fingerprint density at radius 1 is 1.09 bits per heavy atom. The third kappa shape index (κ3) is 5.02. The topological polar surface area (TPSA) is 137 Å². The van der Waals surface area contributed by atoms with Crippen molar-refractivity contribution in [3.63, 3.8) is 0 Å². The lowest BCUT2D eigenvalue weighted by Gasteiger charge is -2.41. The number of nitrogen functional groups attached to an aromatic ring is 2. The molecule has 2 aliphatic heterocycles. The van der Waals surface area contributed by atoms with E-state index in [1.54, 1.807) is 41.3 Å². The van der Waals surface area contributed by atoms with Crippen molar-refractivity contribution < 1.29 is 13.2 Å². The Labute approximate surface area is 200 Å². The molecule has 34 heavy (non-hydrogen) atoms. The molecule has 2 saturated heterocycles. The van der Waals surface area contributed by atoms with Gasteiger partial charge in [-0.15, -0.1) is 0 Å². The third-order valence-corrected chi connectivity index (χ3v) is 8.44. The Kier molecular flexibility index (Phi) is 6.81. The molecule has 0 aliphatic carbocycles. The highest BCUT2D eigenvalue weighted by Gasteiger charge is 2.35. The van der Waals surface area contributed by atoms with Gasteiger partial charge in [-0.3, -0.25) is 10.3 Å². The minimum absolute atomic E-state index is 0.0314. The van der Waals surface area contributed by atoms with Gasteiger partial charge in [0, 0.05) is 49.7 Å². The number of nitrogens with one attached hydrogen (secondary N) is 1. The maximum absolute atomic E-state index is 13.3. The fraction of sp³-hybridized carbons (Fsp3) is 0.417. The molecule has 4 rings (SSSR count). The number of carbonyl (C=O) groups excluding carboxylic acids is 1. The quantitative estimate of drug-likeness (QED) is 0.329. The number of sulfonamides is 1. The summed E-state index contributed by atoms with van der Waals surface area (Å²) < 4.78 is 27.5. The van der Waals surface area contributed by atoms with Crippen LogP contribution in [0.4, 0.5) is 16.2 Å². The number of hydrogen-bond donors (Lipinski definition) is 3. The van der Waals surface area contributed by atoms with Crippen molar-refractivity contribution in [2.24, 2.45) is 17.6 Å². The zero-order valence-corrected chi connectivity index (χ0v) is 20.2. The van der Waals surface area contributed by atoms with Crippen LogP contribution in [-0.2, 0) is 10.0 Å². The molecule has 0 saturated carbocycles. The lowest BCUT2D eigenvalue weighted by molar-refractivity contribution is 0.154. The van der Waals surface area contributed by atoms with Crippen LogP contribution in [0.2, 0.25) is 0 Å². The van der Waals surface area contributed by atoms with Crippen molar-refractivity contribution in [3.8, 4) is 0 Å². The summed E-state index contributed by atoms with van der Waals surface area (Å²) >= 11 is 0. The van der Waals surface area contributed by atoms with E-state index in [1.165, 1.54) is 10.4 Å². The maximum Gasteiger partial charge on any atom is 0.324 e. The summed E-state index contributed by atoms with van der Waals surface area (Å²) in [6.45, 7) is 4.82. The van der Waals surface area contributed by atoms with Gasteiger partial charge in [-0.2, -0.15) is 4.31 Å². The summed E-state index contributed by atoms with van der Waals surface area (Å²) in [5.41, 5.74) is 13.1. The molecule has 182 valence electrons. The van der Waals surface area contributed by atoms with E-state index in [9.17, 15) is 13.2 Å². The van der Waals surface area contributed by atoms with Crippen molar-refractivity contribution in [2.45, 2.75) is 24.7 Å². The molecule has 0 aromatic heterocycles. The van der Waals surface area contributed by atoms with Crippen molar-refractivity contribution in [1.29, 1.82) is 5.41 Å². The van der Waals surface area contributed by atoms with Crippen LogP contribution in [0.25, 0.3) is 0 Å². The SMILES string of the molecule is CC1CN(CC2CCN(S(=O)(=O)c3cccc(N)c3)CC2)C(=O)N(c2cccc(C(=N)N)c2)C1. The first-order chi connectivity index (χ1) is 16.1. The second-order valence-electron chi connectivity index (χ2n) is 9.29. The number of carbonyl (C=O) groups is 1. The minimum Gasteiger partial charge on any atom is -0.399 e. The van der Waals surface area contributed by atoms with Crippen molar-refractivity contribution in [1.82, 2.24) is 9.21 Å². The van der Waals surface area contributed by atoms with E-state index in [4.69, 9.17) is 16.9 Å². The highest BCUT2D eigenvalue weighted by atomic mass is 32.2. The summed E-state index contributed by atoms with van der Waals surface area (Å²) in [7, 11) is -3.58. The highest BCUT2D eigenvalue weighted by molar-refractivity contribution is 7.89. The molecule has 10 heteroatoms.